The van der Waals surface area contributed by atoms with Crippen molar-refractivity contribution in [3.8, 4) is 0 Å². The molecule has 5 nitrogen and oxygen atoms in total. The zero-order valence-electron chi connectivity index (χ0n) is 15.9. The summed E-state index contributed by atoms with van der Waals surface area (Å²) in [6.45, 7) is 11.1. The van der Waals surface area contributed by atoms with Gasteiger partial charge in [-0.1, -0.05) is 20.3 Å². The normalized spacial score (nSPS) is 35.1. The van der Waals surface area contributed by atoms with Gasteiger partial charge in [-0.25, -0.2) is 0 Å². The third kappa shape index (κ3) is 4.23. The van der Waals surface area contributed by atoms with Gasteiger partial charge in [0.1, 0.15) is 0 Å². The van der Waals surface area contributed by atoms with E-state index in [9.17, 15) is 0 Å². The molecule has 3 aliphatic heterocycles. The summed E-state index contributed by atoms with van der Waals surface area (Å²) < 4.78 is 6.08. The van der Waals surface area contributed by atoms with Gasteiger partial charge in [-0.2, -0.15) is 0 Å². The van der Waals surface area contributed by atoms with E-state index in [0.29, 0.717) is 17.6 Å². The molecule has 0 spiro atoms. The Morgan fingerprint density at radius 1 is 1.33 bits per heavy atom. The molecule has 0 bridgehead atoms. The fraction of sp³-hybridized carbons (Fsp3) is 0.947. The molecule has 3 atom stereocenters. The van der Waals surface area contributed by atoms with Crippen LogP contribution in [0.3, 0.4) is 0 Å². The first-order chi connectivity index (χ1) is 11.6. The summed E-state index contributed by atoms with van der Waals surface area (Å²) in [5.74, 6) is 1.06. The molecule has 0 aromatic carbocycles. The fourth-order valence-corrected chi connectivity index (χ4v) is 4.85. The van der Waals surface area contributed by atoms with E-state index in [1.807, 2.05) is 7.05 Å². The number of nitrogens with zero attached hydrogens (tertiary/aromatic N) is 3. The lowest BCUT2D eigenvalue weighted by Gasteiger charge is -2.42. The SMILES string of the molecule is CCCC1(C)CCCN(C(=NC)NCC2CN3CCCC3CO2)C1. The van der Waals surface area contributed by atoms with Gasteiger partial charge < -0.3 is 15.0 Å². The molecular weight excluding hydrogens is 300 g/mol. The Kier molecular flexibility index (Phi) is 6.03. The maximum atomic E-state index is 6.08. The van der Waals surface area contributed by atoms with Gasteiger partial charge in [0.25, 0.3) is 0 Å². The second-order valence-corrected chi connectivity index (χ2v) is 8.26. The minimum absolute atomic E-state index is 0.294. The Labute approximate surface area is 147 Å². The van der Waals surface area contributed by atoms with E-state index in [4.69, 9.17) is 4.74 Å². The minimum atomic E-state index is 0.294. The average molecular weight is 337 g/mol. The summed E-state index contributed by atoms with van der Waals surface area (Å²) in [6, 6.07) is 0.678. The van der Waals surface area contributed by atoms with Crippen molar-refractivity contribution in [2.75, 3.05) is 46.4 Å². The smallest absolute Gasteiger partial charge is 0.193 e. The molecule has 3 fully saturated rings. The topological polar surface area (TPSA) is 40.1 Å². The van der Waals surface area contributed by atoms with Crippen LogP contribution in [0.1, 0.15) is 52.4 Å². The molecule has 3 saturated heterocycles. The van der Waals surface area contributed by atoms with Gasteiger partial charge in [0.05, 0.1) is 12.7 Å². The van der Waals surface area contributed by atoms with E-state index in [2.05, 4.69) is 34.0 Å². The number of ether oxygens (including phenoxy) is 1. The monoisotopic (exact) mass is 336 g/mol. The molecule has 0 aliphatic carbocycles. The molecule has 3 aliphatic rings. The molecule has 0 saturated carbocycles. The zero-order chi connectivity index (χ0) is 17.0. The van der Waals surface area contributed by atoms with Crippen LogP contribution in [0.25, 0.3) is 0 Å². The van der Waals surface area contributed by atoms with Crippen LogP contribution in [0, 0.1) is 5.41 Å². The van der Waals surface area contributed by atoms with Gasteiger partial charge in [-0.15, -0.1) is 0 Å². The summed E-state index contributed by atoms with van der Waals surface area (Å²) in [5.41, 5.74) is 0.439. The van der Waals surface area contributed by atoms with Crippen LogP contribution in [0.4, 0.5) is 0 Å². The van der Waals surface area contributed by atoms with Gasteiger partial charge in [0.15, 0.2) is 5.96 Å². The Morgan fingerprint density at radius 2 is 2.21 bits per heavy atom. The molecule has 0 aromatic rings. The van der Waals surface area contributed by atoms with Crippen molar-refractivity contribution in [2.24, 2.45) is 10.4 Å². The quantitative estimate of drug-likeness (QED) is 0.632. The van der Waals surface area contributed by atoms with Gasteiger partial charge in [0.2, 0.25) is 0 Å². The molecule has 0 amide bonds. The third-order valence-corrected chi connectivity index (χ3v) is 6.10. The van der Waals surface area contributed by atoms with E-state index in [0.717, 1.165) is 38.7 Å². The number of fused-ring (bicyclic) bond motifs is 1. The number of nitrogens with one attached hydrogen (secondary N) is 1. The Balaban J connectivity index is 1.49. The summed E-state index contributed by atoms with van der Waals surface area (Å²) in [6.07, 6.45) is 8.13. The van der Waals surface area contributed by atoms with Crippen molar-refractivity contribution in [1.82, 2.24) is 15.1 Å². The number of hydrogen-bond acceptors (Lipinski definition) is 3. The van der Waals surface area contributed by atoms with Crippen LogP contribution < -0.4 is 5.32 Å². The standard InChI is InChI=1S/C19H36N4O/c1-4-8-19(2)9-6-11-23(15-19)18(20-3)21-12-17-13-22-10-5-7-16(22)14-24-17/h16-17H,4-15H2,1-3H3,(H,20,21). The van der Waals surface area contributed by atoms with Crippen LogP contribution in [0.15, 0.2) is 4.99 Å². The summed E-state index contributed by atoms with van der Waals surface area (Å²) in [4.78, 5) is 9.62. The number of morpholine rings is 1. The summed E-state index contributed by atoms with van der Waals surface area (Å²) >= 11 is 0. The predicted octanol–water partition coefficient (Wildman–Crippen LogP) is 2.33. The lowest BCUT2D eigenvalue weighted by molar-refractivity contribution is -0.0455. The largest absolute Gasteiger partial charge is 0.373 e. The van der Waals surface area contributed by atoms with Crippen LogP contribution in [-0.4, -0.2) is 74.3 Å². The second kappa shape index (κ2) is 8.05. The Morgan fingerprint density at radius 3 is 3.00 bits per heavy atom. The van der Waals surface area contributed by atoms with Gasteiger partial charge >= 0.3 is 0 Å². The maximum Gasteiger partial charge on any atom is 0.193 e. The number of hydrogen-bond donors (Lipinski definition) is 1. The molecule has 5 heteroatoms. The first kappa shape index (κ1) is 18.0. The molecular formula is C19H36N4O. The summed E-state index contributed by atoms with van der Waals surface area (Å²) in [5, 5.41) is 3.59. The second-order valence-electron chi connectivity index (χ2n) is 8.26. The molecule has 3 rings (SSSR count). The lowest BCUT2D eigenvalue weighted by atomic mass is 9.78. The highest BCUT2D eigenvalue weighted by molar-refractivity contribution is 5.80. The Bertz CT molecular complexity index is 437. The average Bonchev–Trinajstić information content (AvgIpc) is 3.03. The van der Waals surface area contributed by atoms with Gasteiger partial charge in [0, 0.05) is 39.3 Å². The van der Waals surface area contributed by atoms with E-state index in [-0.39, 0.29) is 0 Å². The molecule has 0 aromatic heterocycles. The van der Waals surface area contributed by atoms with Crippen molar-refractivity contribution in [2.45, 2.75) is 64.5 Å². The first-order valence-electron chi connectivity index (χ1n) is 9.95. The first-order valence-corrected chi connectivity index (χ1v) is 9.95. The minimum Gasteiger partial charge on any atom is -0.373 e. The van der Waals surface area contributed by atoms with Crippen molar-refractivity contribution >= 4 is 5.96 Å². The van der Waals surface area contributed by atoms with Crippen molar-refractivity contribution in [3.63, 3.8) is 0 Å². The summed E-state index contributed by atoms with van der Waals surface area (Å²) in [7, 11) is 1.91. The van der Waals surface area contributed by atoms with Crippen molar-refractivity contribution < 1.29 is 4.74 Å². The molecule has 3 heterocycles. The molecule has 1 N–H and O–H groups in total. The molecule has 3 unspecified atom stereocenters. The zero-order valence-corrected chi connectivity index (χ0v) is 15.9. The number of piperidine rings is 1. The predicted molar refractivity (Wildman–Crippen MR) is 99.5 cm³/mol. The van der Waals surface area contributed by atoms with Crippen LogP contribution in [0.2, 0.25) is 0 Å². The molecule has 24 heavy (non-hydrogen) atoms. The number of likely N-dealkylation sites (tertiary alicyclic amines) is 1. The molecule has 0 radical (unpaired) electrons. The highest BCUT2D eigenvalue weighted by Crippen LogP contribution is 2.33. The number of rotatable bonds is 4. The van der Waals surface area contributed by atoms with Gasteiger partial charge in [-0.3, -0.25) is 9.89 Å². The van der Waals surface area contributed by atoms with Crippen LogP contribution in [-0.2, 0) is 4.74 Å². The fourth-order valence-electron chi connectivity index (χ4n) is 4.85. The lowest BCUT2D eigenvalue weighted by Crippen LogP contribution is -2.54. The van der Waals surface area contributed by atoms with Crippen LogP contribution in [0.5, 0.6) is 0 Å². The van der Waals surface area contributed by atoms with E-state index >= 15 is 0 Å². The Hall–Kier alpha value is -0.810. The highest BCUT2D eigenvalue weighted by atomic mass is 16.5. The number of guanidine groups is 1. The van der Waals surface area contributed by atoms with Gasteiger partial charge in [-0.05, 0) is 44.1 Å². The highest BCUT2D eigenvalue weighted by Gasteiger charge is 2.34. The van der Waals surface area contributed by atoms with E-state index < -0.39 is 0 Å². The van der Waals surface area contributed by atoms with Crippen molar-refractivity contribution in [1.29, 1.82) is 0 Å². The maximum absolute atomic E-state index is 6.08. The van der Waals surface area contributed by atoms with Crippen LogP contribution >= 0.6 is 0 Å². The third-order valence-electron chi connectivity index (χ3n) is 6.10. The number of aliphatic imine (C=N–C) groups is 1. The molecule has 138 valence electrons. The van der Waals surface area contributed by atoms with Crippen molar-refractivity contribution in [3.05, 3.63) is 0 Å². The van der Waals surface area contributed by atoms with E-state index in [1.54, 1.807) is 0 Å². The van der Waals surface area contributed by atoms with E-state index in [1.165, 1.54) is 45.1 Å².